The van der Waals surface area contributed by atoms with Gasteiger partial charge in [0.1, 0.15) is 5.75 Å². The molecule has 1 fully saturated rings. The lowest BCUT2D eigenvalue weighted by atomic mass is 9.63. The fraction of sp³-hybridized carbons (Fsp3) is 0.667. The van der Waals surface area contributed by atoms with Crippen LogP contribution in [0.15, 0.2) is 6.07 Å². The maximum Gasteiger partial charge on any atom is 0.122 e. The van der Waals surface area contributed by atoms with E-state index in [0.29, 0.717) is 5.41 Å². The van der Waals surface area contributed by atoms with Crippen LogP contribution >= 0.6 is 0 Å². The Morgan fingerprint density at radius 1 is 1.25 bits per heavy atom. The lowest BCUT2D eigenvalue weighted by molar-refractivity contribution is 0.134. The molecule has 0 N–H and O–H groups in total. The summed E-state index contributed by atoms with van der Waals surface area (Å²) >= 11 is 0. The number of benzene rings is 1. The molecule has 2 heteroatoms. The van der Waals surface area contributed by atoms with Crippen LogP contribution in [0.5, 0.6) is 5.75 Å². The largest absolute Gasteiger partial charge is 0.496 e. The molecule has 0 saturated heterocycles. The summed E-state index contributed by atoms with van der Waals surface area (Å²) in [6.07, 6.45) is 6.70. The monoisotopic (exact) mass is 273 g/mol. The molecular weight excluding hydrogens is 246 g/mol. The second kappa shape index (κ2) is 4.98. The van der Waals surface area contributed by atoms with Crippen LogP contribution in [0.1, 0.15) is 49.3 Å². The zero-order valence-corrected chi connectivity index (χ0v) is 13.4. The van der Waals surface area contributed by atoms with E-state index in [9.17, 15) is 0 Å². The Kier molecular flexibility index (Phi) is 3.43. The minimum Gasteiger partial charge on any atom is -0.496 e. The summed E-state index contributed by atoms with van der Waals surface area (Å²) in [7, 11) is 1.79. The molecule has 0 unspecified atom stereocenters. The van der Waals surface area contributed by atoms with Crippen LogP contribution in [-0.4, -0.2) is 20.2 Å². The van der Waals surface area contributed by atoms with Crippen molar-refractivity contribution >= 4 is 5.69 Å². The topological polar surface area (TPSA) is 12.5 Å². The van der Waals surface area contributed by atoms with E-state index in [2.05, 4.69) is 31.7 Å². The maximum absolute atomic E-state index is 5.59. The Bertz CT molecular complexity index is 517. The van der Waals surface area contributed by atoms with Gasteiger partial charge in [-0.2, -0.15) is 0 Å². The highest BCUT2D eigenvalue weighted by Gasteiger charge is 2.43. The van der Waals surface area contributed by atoms with Crippen molar-refractivity contribution in [2.24, 2.45) is 5.41 Å². The Labute approximate surface area is 123 Å². The zero-order chi connectivity index (χ0) is 14.3. The van der Waals surface area contributed by atoms with Gasteiger partial charge in [-0.1, -0.05) is 13.3 Å². The van der Waals surface area contributed by atoms with Crippen molar-refractivity contribution in [3.8, 4) is 5.75 Å². The summed E-state index contributed by atoms with van der Waals surface area (Å²) in [5.74, 6) is 1.06. The van der Waals surface area contributed by atoms with Crippen molar-refractivity contribution in [2.75, 3.05) is 25.1 Å². The third-order valence-corrected chi connectivity index (χ3v) is 5.43. The summed E-state index contributed by atoms with van der Waals surface area (Å²) in [5, 5.41) is 0. The van der Waals surface area contributed by atoms with Gasteiger partial charge in [-0.05, 0) is 67.7 Å². The molecule has 2 nitrogen and oxygen atoms in total. The first-order chi connectivity index (χ1) is 9.60. The molecule has 1 heterocycles. The first kappa shape index (κ1) is 13.8. The Morgan fingerprint density at radius 2 is 2.00 bits per heavy atom. The summed E-state index contributed by atoms with van der Waals surface area (Å²) in [6.45, 7) is 9.18. The summed E-state index contributed by atoms with van der Waals surface area (Å²) in [4.78, 5) is 2.65. The predicted octanol–water partition coefficient (Wildman–Crippen LogP) is 4.25. The minimum absolute atomic E-state index is 0.564. The molecule has 1 aromatic carbocycles. The SMILES string of the molecule is CCCN1CC2(CCC2)Cc2cc(OC)c(C)c(C)c21. The Balaban J connectivity index is 2.08. The highest BCUT2D eigenvalue weighted by molar-refractivity contribution is 5.67. The second-order valence-corrected chi connectivity index (χ2v) is 6.79. The van der Waals surface area contributed by atoms with Crippen molar-refractivity contribution in [1.82, 2.24) is 0 Å². The van der Waals surface area contributed by atoms with Crippen molar-refractivity contribution in [1.29, 1.82) is 0 Å². The average Bonchev–Trinajstić information content (AvgIpc) is 2.40. The molecule has 0 aromatic heterocycles. The van der Waals surface area contributed by atoms with Gasteiger partial charge in [-0.15, -0.1) is 0 Å². The van der Waals surface area contributed by atoms with Crippen molar-refractivity contribution in [2.45, 2.75) is 52.9 Å². The van der Waals surface area contributed by atoms with Gasteiger partial charge in [-0.3, -0.25) is 0 Å². The molecule has 20 heavy (non-hydrogen) atoms. The van der Waals surface area contributed by atoms with Crippen LogP contribution < -0.4 is 9.64 Å². The molecule has 0 bridgehead atoms. The number of ether oxygens (including phenoxy) is 1. The minimum atomic E-state index is 0.564. The van der Waals surface area contributed by atoms with Gasteiger partial charge < -0.3 is 9.64 Å². The number of hydrogen-bond donors (Lipinski definition) is 0. The summed E-state index contributed by atoms with van der Waals surface area (Å²) in [5.41, 5.74) is 6.31. The predicted molar refractivity (Wildman–Crippen MR) is 85.0 cm³/mol. The van der Waals surface area contributed by atoms with Gasteiger partial charge in [0.05, 0.1) is 7.11 Å². The average molecular weight is 273 g/mol. The molecule has 1 aromatic rings. The molecule has 0 amide bonds. The molecule has 0 atom stereocenters. The molecule has 3 rings (SSSR count). The van der Waals surface area contributed by atoms with E-state index in [1.165, 1.54) is 67.6 Å². The van der Waals surface area contributed by atoms with Crippen LogP contribution in [0.2, 0.25) is 0 Å². The summed E-state index contributed by atoms with van der Waals surface area (Å²) < 4.78 is 5.59. The summed E-state index contributed by atoms with van der Waals surface area (Å²) in [6, 6.07) is 2.31. The van der Waals surface area contributed by atoms with Crippen LogP contribution in [0, 0.1) is 19.3 Å². The second-order valence-electron chi connectivity index (χ2n) is 6.79. The number of hydrogen-bond acceptors (Lipinski definition) is 2. The van der Waals surface area contributed by atoms with Gasteiger partial charge >= 0.3 is 0 Å². The van der Waals surface area contributed by atoms with Crippen molar-refractivity contribution in [3.05, 3.63) is 22.8 Å². The van der Waals surface area contributed by atoms with E-state index in [-0.39, 0.29) is 0 Å². The van der Waals surface area contributed by atoms with E-state index in [1.54, 1.807) is 7.11 Å². The highest BCUT2D eigenvalue weighted by atomic mass is 16.5. The molecule has 0 radical (unpaired) electrons. The lowest BCUT2D eigenvalue weighted by Gasteiger charge is -2.51. The first-order valence-corrected chi connectivity index (χ1v) is 8.02. The molecule has 110 valence electrons. The fourth-order valence-electron chi connectivity index (χ4n) is 4.14. The third-order valence-electron chi connectivity index (χ3n) is 5.43. The van der Waals surface area contributed by atoms with E-state index < -0.39 is 0 Å². The van der Waals surface area contributed by atoms with E-state index >= 15 is 0 Å². The van der Waals surface area contributed by atoms with Crippen LogP contribution in [-0.2, 0) is 6.42 Å². The Morgan fingerprint density at radius 3 is 2.55 bits per heavy atom. The van der Waals surface area contributed by atoms with Gasteiger partial charge in [0.15, 0.2) is 0 Å². The highest BCUT2D eigenvalue weighted by Crippen LogP contribution is 2.51. The van der Waals surface area contributed by atoms with Crippen LogP contribution in [0.25, 0.3) is 0 Å². The van der Waals surface area contributed by atoms with Gasteiger partial charge in [-0.25, -0.2) is 0 Å². The van der Waals surface area contributed by atoms with Crippen LogP contribution in [0.3, 0.4) is 0 Å². The molecule has 1 aliphatic carbocycles. The Hall–Kier alpha value is -1.18. The molecule has 1 spiro atoms. The van der Waals surface area contributed by atoms with Crippen molar-refractivity contribution < 1.29 is 4.74 Å². The van der Waals surface area contributed by atoms with Crippen LogP contribution in [0.4, 0.5) is 5.69 Å². The zero-order valence-electron chi connectivity index (χ0n) is 13.4. The smallest absolute Gasteiger partial charge is 0.122 e. The number of nitrogens with zero attached hydrogens (tertiary/aromatic N) is 1. The maximum atomic E-state index is 5.59. The standard InChI is InChI=1S/C18H27NO/c1-5-9-19-12-18(7-6-8-18)11-15-10-16(20-4)13(2)14(3)17(15)19/h10H,5-9,11-12H2,1-4H3. The van der Waals surface area contributed by atoms with E-state index in [0.717, 1.165) is 5.75 Å². The third kappa shape index (κ3) is 2.01. The molecule has 1 saturated carbocycles. The van der Waals surface area contributed by atoms with E-state index in [1.807, 2.05) is 0 Å². The number of anilines is 1. The molecular formula is C18H27NO. The normalized spacial score (nSPS) is 19.7. The number of fused-ring (bicyclic) bond motifs is 1. The van der Waals surface area contributed by atoms with Gasteiger partial charge in [0.2, 0.25) is 0 Å². The van der Waals surface area contributed by atoms with Crippen molar-refractivity contribution in [3.63, 3.8) is 0 Å². The fourth-order valence-corrected chi connectivity index (χ4v) is 4.14. The number of rotatable bonds is 3. The molecule has 2 aliphatic rings. The van der Waals surface area contributed by atoms with Gasteiger partial charge in [0.25, 0.3) is 0 Å². The quantitative estimate of drug-likeness (QED) is 0.816. The van der Waals surface area contributed by atoms with Gasteiger partial charge in [0, 0.05) is 18.8 Å². The molecule has 1 aliphatic heterocycles. The lowest BCUT2D eigenvalue weighted by Crippen LogP contribution is -2.48. The number of methoxy groups -OCH3 is 1. The first-order valence-electron chi connectivity index (χ1n) is 8.02. The van der Waals surface area contributed by atoms with E-state index in [4.69, 9.17) is 4.74 Å².